The van der Waals surface area contributed by atoms with Gasteiger partial charge in [-0.05, 0) is 24.3 Å². The molecule has 0 bridgehead atoms. The van der Waals surface area contributed by atoms with Gasteiger partial charge in [-0.2, -0.15) is 5.26 Å². The Bertz CT molecular complexity index is 652. The van der Waals surface area contributed by atoms with E-state index in [-0.39, 0.29) is 0 Å². The molecule has 108 valence electrons. The van der Waals surface area contributed by atoms with Crippen LogP contribution in [0.4, 0.5) is 0 Å². The van der Waals surface area contributed by atoms with Gasteiger partial charge < -0.3 is 0 Å². The third-order valence-corrected chi connectivity index (χ3v) is 2.36. The van der Waals surface area contributed by atoms with Crippen LogP contribution < -0.4 is 0 Å². The van der Waals surface area contributed by atoms with Gasteiger partial charge in [-0.1, -0.05) is 72.9 Å². The lowest BCUT2D eigenvalue weighted by atomic mass is 10.2. The van der Waals surface area contributed by atoms with E-state index in [1.807, 2.05) is 85.1 Å². The Kier molecular flexibility index (Phi) is 9.84. The average Bonchev–Trinajstić information content (AvgIpc) is 2.54. The van der Waals surface area contributed by atoms with Crippen LogP contribution in [0.25, 0.3) is 0 Å². The first kappa shape index (κ1) is 16.9. The van der Waals surface area contributed by atoms with Gasteiger partial charge in [-0.3, -0.25) is 4.99 Å². The fourth-order valence-electron chi connectivity index (χ4n) is 1.34. The first-order valence-corrected chi connectivity index (χ1v) is 6.90. The molecule has 0 spiro atoms. The van der Waals surface area contributed by atoms with Gasteiger partial charge in [0.15, 0.2) is 0 Å². The van der Waals surface area contributed by atoms with Crippen molar-refractivity contribution in [2.24, 2.45) is 4.99 Å². The Morgan fingerprint density at radius 2 is 1.18 bits per heavy atom. The predicted molar refractivity (Wildman–Crippen MR) is 95.3 cm³/mol. The van der Waals surface area contributed by atoms with Crippen LogP contribution in [0.5, 0.6) is 0 Å². The van der Waals surface area contributed by atoms with E-state index >= 15 is 0 Å². The molecule has 0 amide bonds. The van der Waals surface area contributed by atoms with E-state index < -0.39 is 0 Å². The van der Waals surface area contributed by atoms with Gasteiger partial charge in [0.1, 0.15) is 0 Å². The minimum atomic E-state index is 0.595. The first-order chi connectivity index (χ1) is 10.9. The Hall–Kier alpha value is -3.18. The van der Waals surface area contributed by atoms with Crippen molar-refractivity contribution in [1.29, 1.82) is 5.26 Å². The van der Waals surface area contributed by atoms with E-state index in [0.717, 1.165) is 0 Å². The third-order valence-electron chi connectivity index (χ3n) is 2.36. The van der Waals surface area contributed by atoms with Crippen molar-refractivity contribution in [3.05, 3.63) is 109 Å². The molecule has 2 heteroatoms. The molecule has 22 heavy (non-hydrogen) atoms. The van der Waals surface area contributed by atoms with Gasteiger partial charge >= 0.3 is 0 Å². The van der Waals surface area contributed by atoms with E-state index in [2.05, 4.69) is 11.1 Å². The average molecular weight is 286 g/mol. The van der Waals surface area contributed by atoms with Gasteiger partial charge in [0.05, 0.1) is 11.6 Å². The summed E-state index contributed by atoms with van der Waals surface area (Å²) in [4.78, 5) is 4.09. The highest BCUT2D eigenvalue weighted by atomic mass is 14.6. The number of hydrogen-bond acceptors (Lipinski definition) is 2. The molecule has 0 aromatic carbocycles. The smallest absolute Gasteiger partial charge is 0.0991 e. The fourth-order valence-corrected chi connectivity index (χ4v) is 1.34. The zero-order valence-corrected chi connectivity index (χ0v) is 12.3. The third kappa shape index (κ3) is 9.71. The zero-order valence-electron chi connectivity index (χ0n) is 12.3. The molecule has 0 fully saturated rings. The Labute approximate surface area is 132 Å². The molecule has 0 N–H and O–H groups in total. The zero-order chi connectivity index (χ0) is 15.7. The van der Waals surface area contributed by atoms with Gasteiger partial charge in [0.25, 0.3) is 0 Å². The molecule has 1 rings (SSSR count). The first-order valence-electron chi connectivity index (χ1n) is 6.90. The van der Waals surface area contributed by atoms with Gasteiger partial charge in [0.2, 0.25) is 0 Å². The molecular formula is C20H18N2. The summed E-state index contributed by atoms with van der Waals surface area (Å²) >= 11 is 0. The maximum atomic E-state index is 9.00. The van der Waals surface area contributed by atoms with E-state index in [4.69, 9.17) is 5.26 Å². The summed E-state index contributed by atoms with van der Waals surface area (Å²) in [7, 11) is 0. The van der Waals surface area contributed by atoms with Crippen molar-refractivity contribution in [2.45, 2.75) is 0 Å². The van der Waals surface area contributed by atoms with Crippen molar-refractivity contribution in [2.75, 3.05) is 0 Å². The molecule has 1 aliphatic rings. The Morgan fingerprint density at radius 3 is 1.86 bits per heavy atom. The van der Waals surface area contributed by atoms with Crippen LogP contribution in [0.3, 0.4) is 0 Å². The second-order valence-corrected chi connectivity index (χ2v) is 4.04. The van der Waals surface area contributed by atoms with Crippen LogP contribution in [-0.2, 0) is 0 Å². The summed E-state index contributed by atoms with van der Waals surface area (Å²) < 4.78 is 0. The van der Waals surface area contributed by atoms with E-state index in [9.17, 15) is 0 Å². The largest absolute Gasteiger partial charge is 0.265 e. The van der Waals surface area contributed by atoms with Crippen LogP contribution in [0.2, 0.25) is 0 Å². The number of allylic oxidation sites excluding steroid dienone is 17. The molecular weight excluding hydrogens is 268 g/mol. The molecule has 0 aromatic rings. The highest BCUT2D eigenvalue weighted by Crippen LogP contribution is 1.96. The van der Waals surface area contributed by atoms with Gasteiger partial charge in [-0.25, -0.2) is 0 Å². The SMILES string of the molecule is N#CC1=CC=CC=CC=CC=CC=CN=CC=CC=CC=C1. The summed E-state index contributed by atoms with van der Waals surface area (Å²) in [5, 5.41) is 9.00. The molecule has 0 saturated heterocycles. The summed E-state index contributed by atoms with van der Waals surface area (Å²) in [6.45, 7) is 0. The van der Waals surface area contributed by atoms with Crippen molar-refractivity contribution in [1.82, 2.24) is 0 Å². The molecule has 1 aliphatic heterocycles. The summed E-state index contributed by atoms with van der Waals surface area (Å²) in [5.74, 6) is 0. The molecule has 0 unspecified atom stereocenters. The topological polar surface area (TPSA) is 36.1 Å². The minimum absolute atomic E-state index is 0.595. The molecule has 2 nitrogen and oxygen atoms in total. The number of aliphatic imine (C=N–C) groups is 1. The van der Waals surface area contributed by atoms with Crippen molar-refractivity contribution in [3.63, 3.8) is 0 Å². The van der Waals surface area contributed by atoms with Gasteiger partial charge in [0, 0.05) is 12.4 Å². The highest BCUT2D eigenvalue weighted by Gasteiger charge is 1.82. The summed E-state index contributed by atoms with van der Waals surface area (Å²) in [6, 6.07) is 2.13. The molecule has 1 heterocycles. The van der Waals surface area contributed by atoms with E-state index in [1.165, 1.54) is 0 Å². The molecule has 0 radical (unpaired) electrons. The highest BCUT2D eigenvalue weighted by molar-refractivity contribution is 5.72. The lowest BCUT2D eigenvalue weighted by Crippen LogP contribution is -1.68. The molecule has 0 aromatic heterocycles. The van der Waals surface area contributed by atoms with Crippen molar-refractivity contribution in [3.8, 4) is 6.07 Å². The quantitative estimate of drug-likeness (QED) is 0.622. The predicted octanol–water partition coefficient (Wildman–Crippen LogP) is 4.93. The standard InChI is InChI=1S/C20H18N2/c21-19-20-15-11-7-4-2-1-3-5-9-13-17-22-18-14-10-6-8-12-16-20/h1-18H. The fraction of sp³-hybridized carbons (Fsp3) is 0. The summed E-state index contributed by atoms with van der Waals surface area (Å²) in [6.07, 6.45) is 33.3. The van der Waals surface area contributed by atoms with Crippen LogP contribution >= 0.6 is 0 Å². The monoisotopic (exact) mass is 286 g/mol. The Balaban J connectivity index is 2.84. The Morgan fingerprint density at radius 1 is 0.636 bits per heavy atom. The molecule has 0 atom stereocenters. The van der Waals surface area contributed by atoms with Crippen molar-refractivity contribution < 1.29 is 0 Å². The second kappa shape index (κ2) is 12.8. The maximum Gasteiger partial charge on any atom is 0.0991 e. The second-order valence-electron chi connectivity index (χ2n) is 4.04. The van der Waals surface area contributed by atoms with Gasteiger partial charge in [-0.15, -0.1) is 0 Å². The number of rotatable bonds is 0. The van der Waals surface area contributed by atoms with Crippen LogP contribution in [0, 0.1) is 11.3 Å². The number of hydrogen-bond donors (Lipinski definition) is 0. The van der Waals surface area contributed by atoms with E-state index in [1.54, 1.807) is 24.6 Å². The lowest BCUT2D eigenvalue weighted by molar-refractivity contribution is 1.50. The van der Waals surface area contributed by atoms with Crippen LogP contribution in [-0.4, -0.2) is 6.21 Å². The normalized spacial score (nSPS) is 15.7. The van der Waals surface area contributed by atoms with Crippen LogP contribution in [0.1, 0.15) is 0 Å². The van der Waals surface area contributed by atoms with Crippen LogP contribution in [0.15, 0.2) is 114 Å². The maximum absolute atomic E-state index is 9.00. The minimum Gasteiger partial charge on any atom is -0.265 e. The van der Waals surface area contributed by atoms with E-state index in [0.29, 0.717) is 5.57 Å². The summed E-state index contributed by atoms with van der Waals surface area (Å²) in [5.41, 5.74) is 0.595. The number of nitriles is 1. The molecule has 0 aliphatic carbocycles. The number of nitrogens with zero attached hydrogens (tertiary/aromatic N) is 2. The van der Waals surface area contributed by atoms with Crippen molar-refractivity contribution >= 4 is 6.21 Å². The molecule has 0 saturated carbocycles. The lowest BCUT2D eigenvalue weighted by Gasteiger charge is -1.83.